The zero-order valence-electron chi connectivity index (χ0n) is 18.7. The molecule has 0 radical (unpaired) electrons. The van der Waals surface area contributed by atoms with E-state index in [-0.39, 0.29) is 48.1 Å². The predicted molar refractivity (Wildman–Crippen MR) is 110 cm³/mol. The Kier molecular flexibility index (Phi) is 4.71. The van der Waals surface area contributed by atoms with Crippen LogP contribution in [0, 0.1) is 40.9 Å². The number of carbonyl (C=O) groups excluding carboxylic acids is 2. The van der Waals surface area contributed by atoms with Gasteiger partial charge in [0, 0.05) is 30.1 Å². The summed E-state index contributed by atoms with van der Waals surface area (Å²) < 4.78 is 5.94. The Balaban J connectivity index is 1.87. The maximum Gasteiger partial charge on any atom is 0.308 e. The van der Waals surface area contributed by atoms with Gasteiger partial charge in [0.1, 0.15) is 11.7 Å². The highest BCUT2D eigenvalue weighted by molar-refractivity contribution is 6.04. The van der Waals surface area contributed by atoms with Crippen LogP contribution in [0.1, 0.15) is 48.0 Å². The van der Waals surface area contributed by atoms with Crippen LogP contribution in [-0.2, 0) is 14.3 Å². The zero-order chi connectivity index (χ0) is 22.4. The third-order valence-electron chi connectivity index (χ3n) is 8.51. The number of fused-ring (bicyclic) bond motifs is 5. The number of carbonyl (C=O) groups is 2. The molecule has 0 unspecified atom stereocenters. The molecule has 166 valence electrons. The summed E-state index contributed by atoms with van der Waals surface area (Å²) >= 11 is 0. The first kappa shape index (κ1) is 21.7. The smallest absolute Gasteiger partial charge is 0.308 e. The van der Waals surface area contributed by atoms with Crippen molar-refractivity contribution >= 4 is 11.8 Å². The van der Waals surface area contributed by atoms with E-state index in [0.29, 0.717) is 11.1 Å². The molecule has 30 heavy (non-hydrogen) atoms. The van der Waals surface area contributed by atoms with Crippen LogP contribution in [0.25, 0.3) is 0 Å². The van der Waals surface area contributed by atoms with Gasteiger partial charge in [0.25, 0.3) is 0 Å². The van der Waals surface area contributed by atoms with Gasteiger partial charge in [0.15, 0.2) is 5.78 Å². The van der Waals surface area contributed by atoms with Crippen molar-refractivity contribution in [3.8, 4) is 0 Å². The average molecular weight is 419 g/mol. The number of Topliss-reactive ketones (excluding diaryl/α,β-unsaturated/α-hetero) is 1. The fraction of sp³-hybridized carbons (Fsp3) is 0.750. The molecule has 4 aliphatic carbocycles. The van der Waals surface area contributed by atoms with E-state index in [1.165, 1.54) is 0 Å². The van der Waals surface area contributed by atoms with E-state index in [9.17, 15) is 24.9 Å². The molecule has 0 aromatic rings. The van der Waals surface area contributed by atoms with Crippen LogP contribution in [0.4, 0.5) is 0 Å². The van der Waals surface area contributed by atoms with Crippen molar-refractivity contribution in [3.05, 3.63) is 23.3 Å². The summed E-state index contributed by atoms with van der Waals surface area (Å²) in [4.78, 5) is 25.4. The number of hydrogen-bond donors (Lipinski definition) is 3. The number of hydrogen-bond acceptors (Lipinski definition) is 6. The molecule has 0 aliphatic heterocycles. The zero-order valence-corrected chi connectivity index (χ0v) is 18.7. The van der Waals surface area contributed by atoms with Crippen LogP contribution < -0.4 is 0 Å². The Morgan fingerprint density at radius 1 is 1.23 bits per heavy atom. The fourth-order valence-electron chi connectivity index (χ4n) is 6.79. The number of ether oxygens (including phenoxy) is 1. The lowest BCUT2D eigenvalue weighted by molar-refractivity contribution is -0.199. The summed E-state index contributed by atoms with van der Waals surface area (Å²) in [6, 6.07) is 0. The van der Waals surface area contributed by atoms with Gasteiger partial charge in [-0.2, -0.15) is 0 Å². The number of esters is 1. The maximum atomic E-state index is 12.9. The van der Waals surface area contributed by atoms with Crippen molar-refractivity contribution in [1.29, 1.82) is 0 Å². The van der Waals surface area contributed by atoms with Crippen LogP contribution in [0.15, 0.2) is 23.3 Å². The average Bonchev–Trinajstić information content (AvgIpc) is 3.19. The lowest BCUT2D eigenvalue weighted by Gasteiger charge is -2.51. The molecular formula is C24H34O6. The molecule has 8 atom stereocenters. The molecule has 6 heteroatoms. The number of ketones is 1. The molecule has 0 aromatic carbocycles. The topological polar surface area (TPSA) is 104 Å². The molecule has 2 fully saturated rings. The second kappa shape index (κ2) is 6.50. The number of aliphatic hydroxyl groups excluding tert-OH is 1. The molecule has 3 N–H and O–H groups in total. The number of aliphatic hydroxyl groups is 3. The molecule has 6 nitrogen and oxygen atoms in total. The fourth-order valence-corrected chi connectivity index (χ4v) is 6.79. The van der Waals surface area contributed by atoms with Crippen LogP contribution in [0.5, 0.6) is 0 Å². The van der Waals surface area contributed by atoms with Gasteiger partial charge in [0.2, 0.25) is 0 Å². The highest BCUT2D eigenvalue weighted by Crippen LogP contribution is 2.73. The second-order valence-electron chi connectivity index (χ2n) is 10.9. The van der Waals surface area contributed by atoms with Gasteiger partial charge in [-0.1, -0.05) is 46.8 Å². The summed E-state index contributed by atoms with van der Waals surface area (Å²) in [5, 5.41) is 33.8. The summed E-state index contributed by atoms with van der Waals surface area (Å²) in [6.45, 7) is 11.0. The van der Waals surface area contributed by atoms with E-state index >= 15 is 0 Å². The van der Waals surface area contributed by atoms with E-state index in [2.05, 4.69) is 13.8 Å². The Hall–Kier alpha value is -1.50. The SMILES string of the molecule is CC1=C[C@H]2[C@@]3(O)[C@H](C)[C@H](OC(=O)C(C)C)[C@@H]4[C@H]([C@@H]3C=C(CO)C[C@]2(O)C1=O)C4(C)C. The summed E-state index contributed by atoms with van der Waals surface area (Å²) in [5.74, 6) is -2.56. The van der Waals surface area contributed by atoms with Crippen molar-refractivity contribution in [3.63, 3.8) is 0 Å². The summed E-state index contributed by atoms with van der Waals surface area (Å²) in [7, 11) is 0. The van der Waals surface area contributed by atoms with E-state index < -0.39 is 34.9 Å². The van der Waals surface area contributed by atoms with Crippen LogP contribution in [-0.4, -0.2) is 51.0 Å². The van der Waals surface area contributed by atoms with Gasteiger partial charge < -0.3 is 20.1 Å². The highest BCUT2D eigenvalue weighted by Gasteiger charge is 2.77. The highest BCUT2D eigenvalue weighted by atomic mass is 16.5. The van der Waals surface area contributed by atoms with Gasteiger partial charge in [-0.25, -0.2) is 0 Å². The molecule has 0 saturated heterocycles. The third kappa shape index (κ3) is 2.59. The first-order chi connectivity index (χ1) is 13.8. The predicted octanol–water partition coefficient (Wildman–Crippen LogP) is 2.02. The normalized spacial score (nSPS) is 46.3. The van der Waals surface area contributed by atoms with Crippen molar-refractivity contribution in [2.75, 3.05) is 6.61 Å². The van der Waals surface area contributed by atoms with Crippen LogP contribution >= 0.6 is 0 Å². The molecule has 4 aliphatic rings. The van der Waals surface area contributed by atoms with Gasteiger partial charge in [0.05, 0.1) is 18.1 Å². The maximum absolute atomic E-state index is 12.9. The van der Waals surface area contributed by atoms with Gasteiger partial charge in [-0.15, -0.1) is 0 Å². The standard InChI is InChI=1S/C24H34O6/c1-11(2)21(27)30-19-13(4)24(29)15(17-18(19)22(17,5)6)8-14(10-25)9-23(28)16(24)7-12(3)20(23)26/h7-8,11,13,15-19,25,28-29H,9-10H2,1-6H3/t13-,15+,16-,17+,18+,19+,23-,24-/m1/s1. The first-order valence-electron chi connectivity index (χ1n) is 11.0. The minimum Gasteiger partial charge on any atom is -0.461 e. The van der Waals surface area contributed by atoms with E-state index in [0.717, 1.165) is 0 Å². The minimum absolute atomic E-state index is 0.000629. The minimum atomic E-state index is -1.80. The van der Waals surface area contributed by atoms with Crippen LogP contribution in [0.3, 0.4) is 0 Å². The molecule has 0 amide bonds. The first-order valence-corrected chi connectivity index (χ1v) is 11.0. The molecular weight excluding hydrogens is 384 g/mol. The Morgan fingerprint density at radius 2 is 1.87 bits per heavy atom. The number of rotatable bonds is 3. The largest absolute Gasteiger partial charge is 0.461 e. The molecule has 0 spiro atoms. The lowest BCUT2D eigenvalue weighted by Crippen LogP contribution is -2.63. The second-order valence-corrected chi connectivity index (χ2v) is 10.9. The summed E-state index contributed by atoms with van der Waals surface area (Å²) in [6.07, 6.45) is 3.08. The van der Waals surface area contributed by atoms with Crippen molar-refractivity contribution in [1.82, 2.24) is 0 Å². The summed E-state index contributed by atoms with van der Waals surface area (Å²) in [5.41, 5.74) is -2.45. The third-order valence-corrected chi connectivity index (χ3v) is 8.51. The Bertz CT molecular complexity index is 854. The van der Waals surface area contributed by atoms with Crippen molar-refractivity contribution in [2.45, 2.75) is 65.3 Å². The van der Waals surface area contributed by atoms with E-state index in [4.69, 9.17) is 4.74 Å². The Labute approximate surface area is 178 Å². The quantitative estimate of drug-likeness (QED) is 0.479. The van der Waals surface area contributed by atoms with Gasteiger partial charge in [-0.3, -0.25) is 9.59 Å². The van der Waals surface area contributed by atoms with Crippen molar-refractivity contribution < 1.29 is 29.6 Å². The van der Waals surface area contributed by atoms with Gasteiger partial charge >= 0.3 is 5.97 Å². The molecule has 0 heterocycles. The molecule has 4 rings (SSSR count). The monoisotopic (exact) mass is 418 g/mol. The molecule has 0 bridgehead atoms. The van der Waals surface area contributed by atoms with E-state index in [1.54, 1.807) is 26.8 Å². The van der Waals surface area contributed by atoms with Gasteiger partial charge in [-0.05, 0) is 29.4 Å². The molecule has 2 saturated carbocycles. The van der Waals surface area contributed by atoms with E-state index in [1.807, 2.05) is 13.0 Å². The van der Waals surface area contributed by atoms with Crippen molar-refractivity contribution in [2.24, 2.45) is 40.9 Å². The van der Waals surface area contributed by atoms with Crippen LogP contribution in [0.2, 0.25) is 0 Å². The molecule has 0 aromatic heterocycles. The lowest BCUT2D eigenvalue weighted by atomic mass is 9.59. The Morgan fingerprint density at radius 3 is 2.43 bits per heavy atom.